The summed E-state index contributed by atoms with van der Waals surface area (Å²) in [6, 6.07) is 5.72. The highest BCUT2D eigenvalue weighted by molar-refractivity contribution is 5.99. The molecule has 1 amide bonds. The van der Waals surface area contributed by atoms with E-state index in [1.807, 2.05) is 32.0 Å². The number of H-pyrrole nitrogens is 1. The Kier molecular flexibility index (Phi) is 4.45. The molecule has 0 saturated carbocycles. The summed E-state index contributed by atoms with van der Waals surface area (Å²) in [5, 5.41) is 13.0. The maximum absolute atomic E-state index is 12.2. The lowest BCUT2D eigenvalue weighted by molar-refractivity contribution is 0.0929. The lowest BCUT2D eigenvalue weighted by Gasteiger charge is -2.15. The van der Waals surface area contributed by atoms with Crippen LogP contribution in [0.2, 0.25) is 0 Å². The van der Waals surface area contributed by atoms with Crippen molar-refractivity contribution in [3.8, 4) is 0 Å². The van der Waals surface area contributed by atoms with E-state index in [2.05, 4.69) is 17.2 Å². The van der Waals surface area contributed by atoms with Crippen LogP contribution in [0, 0.1) is 13.8 Å². The molecule has 108 valence electrons. The summed E-state index contributed by atoms with van der Waals surface area (Å²) in [6.45, 7) is 6.18. The minimum absolute atomic E-state index is 0.0252. The smallest absolute Gasteiger partial charge is 0.251 e. The monoisotopic (exact) mass is 274 g/mol. The lowest BCUT2D eigenvalue weighted by Crippen LogP contribution is -2.35. The number of hydrogen-bond donors (Lipinski definition) is 3. The standard InChI is InChI=1S/C16H22N2O2/c1-4-13(7-8-19)18-16(20)12-5-6-15-14(9-12)10(2)11(3)17-15/h5-6,9,13,17,19H,4,7-8H2,1-3H3,(H,18,20). The van der Waals surface area contributed by atoms with Gasteiger partial charge < -0.3 is 15.4 Å². The number of amides is 1. The van der Waals surface area contributed by atoms with E-state index >= 15 is 0 Å². The first kappa shape index (κ1) is 14.6. The molecule has 0 aliphatic heterocycles. The van der Waals surface area contributed by atoms with Crippen LogP contribution in [0.5, 0.6) is 0 Å². The van der Waals surface area contributed by atoms with Gasteiger partial charge in [0.2, 0.25) is 0 Å². The first-order valence-electron chi connectivity index (χ1n) is 7.07. The van der Waals surface area contributed by atoms with E-state index in [4.69, 9.17) is 5.11 Å². The first-order chi connectivity index (χ1) is 9.56. The second-order valence-electron chi connectivity index (χ2n) is 5.23. The van der Waals surface area contributed by atoms with Gasteiger partial charge in [0, 0.05) is 34.8 Å². The molecule has 2 aromatic rings. The Bertz CT molecular complexity index is 616. The van der Waals surface area contributed by atoms with Gasteiger partial charge in [-0.1, -0.05) is 6.92 Å². The predicted octanol–water partition coefficient (Wildman–Crippen LogP) is 2.68. The lowest BCUT2D eigenvalue weighted by atomic mass is 10.1. The molecule has 1 heterocycles. The Balaban J connectivity index is 2.24. The molecule has 0 radical (unpaired) electrons. The van der Waals surface area contributed by atoms with Crippen molar-refractivity contribution in [1.82, 2.24) is 10.3 Å². The number of carbonyl (C=O) groups excluding carboxylic acids is 1. The fraction of sp³-hybridized carbons (Fsp3) is 0.438. The van der Waals surface area contributed by atoms with Crippen LogP contribution in [0.4, 0.5) is 0 Å². The van der Waals surface area contributed by atoms with E-state index in [1.165, 1.54) is 5.56 Å². The maximum atomic E-state index is 12.2. The van der Waals surface area contributed by atoms with Crippen molar-refractivity contribution < 1.29 is 9.90 Å². The fourth-order valence-electron chi connectivity index (χ4n) is 2.41. The molecule has 0 spiro atoms. The molecule has 4 heteroatoms. The van der Waals surface area contributed by atoms with Gasteiger partial charge in [-0.05, 0) is 50.5 Å². The molecule has 0 aliphatic rings. The van der Waals surface area contributed by atoms with Crippen LogP contribution in [0.1, 0.15) is 41.4 Å². The van der Waals surface area contributed by atoms with Crippen LogP contribution in [0.15, 0.2) is 18.2 Å². The number of rotatable bonds is 5. The summed E-state index contributed by atoms with van der Waals surface area (Å²) in [4.78, 5) is 15.5. The topological polar surface area (TPSA) is 65.1 Å². The van der Waals surface area contributed by atoms with E-state index in [9.17, 15) is 4.79 Å². The van der Waals surface area contributed by atoms with Gasteiger partial charge in [0.05, 0.1) is 0 Å². The highest BCUT2D eigenvalue weighted by Crippen LogP contribution is 2.22. The van der Waals surface area contributed by atoms with E-state index in [0.29, 0.717) is 12.0 Å². The van der Waals surface area contributed by atoms with Crippen molar-refractivity contribution >= 4 is 16.8 Å². The molecule has 0 bridgehead atoms. The Morgan fingerprint density at radius 1 is 1.40 bits per heavy atom. The van der Waals surface area contributed by atoms with Gasteiger partial charge in [0.15, 0.2) is 0 Å². The second kappa shape index (κ2) is 6.09. The van der Waals surface area contributed by atoms with Gasteiger partial charge in [0.25, 0.3) is 5.91 Å². The molecule has 1 unspecified atom stereocenters. The zero-order chi connectivity index (χ0) is 14.7. The maximum Gasteiger partial charge on any atom is 0.251 e. The number of hydrogen-bond acceptors (Lipinski definition) is 2. The average Bonchev–Trinajstić information content (AvgIpc) is 2.73. The van der Waals surface area contributed by atoms with E-state index in [1.54, 1.807) is 0 Å². The zero-order valence-corrected chi connectivity index (χ0v) is 12.3. The van der Waals surface area contributed by atoms with E-state index in [-0.39, 0.29) is 18.6 Å². The SMILES string of the molecule is CCC(CCO)NC(=O)c1ccc2[nH]c(C)c(C)c2c1. The summed E-state index contributed by atoms with van der Waals surface area (Å²) < 4.78 is 0. The molecule has 0 saturated heterocycles. The third kappa shape index (κ3) is 2.85. The van der Waals surface area contributed by atoms with Crippen molar-refractivity contribution in [2.24, 2.45) is 0 Å². The highest BCUT2D eigenvalue weighted by atomic mass is 16.3. The number of aromatic amines is 1. The van der Waals surface area contributed by atoms with Crippen LogP contribution in [-0.2, 0) is 0 Å². The summed E-state index contributed by atoms with van der Waals surface area (Å²) in [6.07, 6.45) is 1.41. The normalized spacial score (nSPS) is 12.6. The fourth-order valence-corrected chi connectivity index (χ4v) is 2.41. The quantitative estimate of drug-likeness (QED) is 0.785. The second-order valence-corrected chi connectivity index (χ2v) is 5.23. The van der Waals surface area contributed by atoms with Gasteiger partial charge in [-0.2, -0.15) is 0 Å². The van der Waals surface area contributed by atoms with Gasteiger partial charge in [0.1, 0.15) is 0 Å². The first-order valence-corrected chi connectivity index (χ1v) is 7.07. The highest BCUT2D eigenvalue weighted by Gasteiger charge is 2.13. The molecule has 0 aliphatic carbocycles. The number of fused-ring (bicyclic) bond motifs is 1. The Morgan fingerprint density at radius 2 is 2.15 bits per heavy atom. The van der Waals surface area contributed by atoms with Gasteiger partial charge >= 0.3 is 0 Å². The molecule has 3 N–H and O–H groups in total. The number of aliphatic hydroxyl groups is 1. The Labute approximate surface area is 119 Å². The van der Waals surface area contributed by atoms with Crippen LogP contribution in [0.25, 0.3) is 10.9 Å². The van der Waals surface area contributed by atoms with Gasteiger partial charge in [-0.3, -0.25) is 4.79 Å². The number of benzene rings is 1. The van der Waals surface area contributed by atoms with Gasteiger partial charge in [-0.15, -0.1) is 0 Å². The average molecular weight is 274 g/mol. The van der Waals surface area contributed by atoms with Crippen molar-refractivity contribution in [2.45, 2.75) is 39.7 Å². The van der Waals surface area contributed by atoms with E-state index in [0.717, 1.165) is 23.0 Å². The minimum Gasteiger partial charge on any atom is -0.396 e. The molecular weight excluding hydrogens is 252 g/mol. The molecule has 4 nitrogen and oxygen atoms in total. The van der Waals surface area contributed by atoms with Crippen molar-refractivity contribution in [3.05, 3.63) is 35.0 Å². The molecule has 0 fully saturated rings. The number of aliphatic hydroxyl groups excluding tert-OH is 1. The van der Waals surface area contributed by atoms with Gasteiger partial charge in [-0.25, -0.2) is 0 Å². The Hall–Kier alpha value is -1.81. The van der Waals surface area contributed by atoms with Crippen LogP contribution >= 0.6 is 0 Å². The van der Waals surface area contributed by atoms with Crippen LogP contribution in [0.3, 0.4) is 0 Å². The van der Waals surface area contributed by atoms with Crippen LogP contribution < -0.4 is 5.32 Å². The molecule has 2 rings (SSSR count). The summed E-state index contributed by atoms with van der Waals surface area (Å²) >= 11 is 0. The molecule has 20 heavy (non-hydrogen) atoms. The van der Waals surface area contributed by atoms with Crippen LogP contribution in [-0.4, -0.2) is 28.6 Å². The zero-order valence-electron chi connectivity index (χ0n) is 12.3. The molecule has 1 aromatic carbocycles. The summed E-state index contributed by atoms with van der Waals surface area (Å²) in [5.41, 5.74) is 4.02. The molecule has 1 aromatic heterocycles. The number of nitrogens with one attached hydrogen (secondary N) is 2. The number of aryl methyl sites for hydroxylation is 2. The molecular formula is C16H22N2O2. The van der Waals surface area contributed by atoms with Crippen molar-refractivity contribution in [2.75, 3.05) is 6.61 Å². The third-order valence-electron chi connectivity index (χ3n) is 3.88. The van der Waals surface area contributed by atoms with Crippen molar-refractivity contribution in [1.29, 1.82) is 0 Å². The minimum atomic E-state index is -0.0783. The summed E-state index contributed by atoms with van der Waals surface area (Å²) in [7, 11) is 0. The summed E-state index contributed by atoms with van der Waals surface area (Å²) in [5.74, 6) is -0.0783. The molecule has 1 atom stereocenters. The third-order valence-corrected chi connectivity index (χ3v) is 3.88. The largest absolute Gasteiger partial charge is 0.396 e. The van der Waals surface area contributed by atoms with Crippen molar-refractivity contribution in [3.63, 3.8) is 0 Å². The number of carbonyl (C=O) groups is 1. The van der Waals surface area contributed by atoms with E-state index < -0.39 is 0 Å². The number of aromatic nitrogens is 1. The predicted molar refractivity (Wildman–Crippen MR) is 81.0 cm³/mol. The Morgan fingerprint density at radius 3 is 2.80 bits per heavy atom.